The zero-order chi connectivity index (χ0) is 17.6. The predicted molar refractivity (Wildman–Crippen MR) is 104 cm³/mol. The quantitative estimate of drug-likeness (QED) is 0.814. The highest BCUT2D eigenvalue weighted by Gasteiger charge is 2.12. The number of nitrogens with one attached hydrogen (secondary N) is 2. The number of morpholine rings is 1. The minimum Gasteiger partial charge on any atom is -0.378 e. The Morgan fingerprint density at radius 2 is 1.88 bits per heavy atom. The first-order valence-electron chi connectivity index (χ1n) is 8.37. The van der Waals surface area contributed by atoms with Gasteiger partial charge in [-0.3, -0.25) is 0 Å². The minimum absolute atomic E-state index is 0.0484. The van der Waals surface area contributed by atoms with E-state index in [1.165, 1.54) is 17.8 Å². The van der Waals surface area contributed by atoms with Crippen LogP contribution in [0.3, 0.4) is 0 Å². The van der Waals surface area contributed by atoms with Crippen LogP contribution in [0, 0.1) is 5.82 Å². The third kappa shape index (κ3) is 4.90. The molecule has 0 aliphatic carbocycles. The van der Waals surface area contributed by atoms with E-state index in [1.54, 1.807) is 12.1 Å². The Hall–Kier alpha value is -2.18. The van der Waals surface area contributed by atoms with Gasteiger partial charge in [-0.05, 0) is 55.0 Å². The summed E-state index contributed by atoms with van der Waals surface area (Å²) in [6.07, 6.45) is 0. The average Bonchev–Trinajstić information content (AvgIpc) is 2.62. The summed E-state index contributed by atoms with van der Waals surface area (Å²) in [5, 5.41) is 6.70. The second kappa shape index (κ2) is 8.27. The smallest absolute Gasteiger partial charge is 0.171 e. The Bertz CT molecular complexity index is 717. The van der Waals surface area contributed by atoms with Crippen LogP contribution < -0.4 is 15.5 Å². The molecule has 1 aliphatic heterocycles. The van der Waals surface area contributed by atoms with Crippen LogP contribution in [-0.4, -0.2) is 31.4 Å². The predicted octanol–water partition coefficient (Wildman–Crippen LogP) is 3.71. The van der Waals surface area contributed by atoms with Crippen LogP contribution in [0.4, 0.5) is 15.8 Å². The number of halogens is 1. The number of thiocarbonyl (C=S) groups is 1. The molecule has 1 atom stereocenters. The zero-order valence-corrected chi connectivity index (χ0v) is 15.0. The van der Waals surface area contributed by atoms with Gasteiger partial charge >= 0.3 is 0 Å². The number of anilines is 2. The summed E-state index contributed by atoms with van der Waals surface area (Å²) in [6, 6.07) is 14.8. The molecule has 0 bridgehead atoms. The molecule has 1 fully saturated rings. The first-order valence-corrected chi connectivity index (χ1v) is 8.78. The van der Waals surface area contributed by atoms with Crippen molar-refractivity contribution in [3.05, 3.63) is 59.9 Å². The standard InChI is InChI=1S/C19H22FN3OS/c1-14(21-19(25)22-17-4-2-3-16(20)13-17)15-5-7-18(8-6-15)23-9-11-24-12-10-23/h2-8,13-14H,9-12H2,1H3,(H2,21,22,25). The Morgan fingerprint density at radius 3 is 2.56 bits per heavy atom. The van der Waals surface area contributed by atoms with Crippen molar-refractivity contribution in [2.75, 3.05) is 36.5 Å². The van der Waals surface area contributed by atoms with Crippen LogP contribution in [0.25, 0.3) is 0 Å². The van der Waals surface area contributed by atoms with E-state index in [4.69, 9.17) is 17.0 Å². The molecule has 2 aromatic rings. The van der Waals surface area contributed by atoms with E-state index >= 15 is 0 Å². The van der Waals surface area contributed by atoms with E-state index in [2.05, 4.69) is 39.8 Å². The van der Waals surface area contributed by atoms with E-state index in [1.807, 2.05) is 6.92 Å². The first kappa shape index (κ1) is 17.6. The van der Waals surface area contributed by atoms with Crippen LogP contribution in [0.1, 0.15) is 18.5 Å². The van der Waals surface area contributed by atoms with Crippen molar-refractivity contribution in [1.29, 1.82) is 0 Å². The largest absolute Gasteiger partial charge is 0.378 e. The fourth-order valence-electron chi connectivity index (χ4n) is 2.81. The summed E-state index contributed by atoms with van der Waals surface area (Å²) >= 11 is 5.32. The summed E-state index contributed by atoms with van der Waals surface area (Å²) in [6.45, 7) is 5.45. The Morgan fingerprint density at radius 1 is 1.16 bits per heavy atom. The lowest BCUT2D eigenvalue weighted by Gasteiger charge is -2.29. The molecular weight excluding hydrogens is 337 g/mol. The lowest BCUT2D eigenvalue weighted by molar-refractivity contribution is 0.122. The van der Waals surface area contributed by atoms with Gasteiger partial charge in [0, 0.05) is 24.5 Å². The molecule has 0 aromatic heterocycles. The molecule has 0 saturated carbocycles. The highest BCUT2D eigenvalue weighted by atomic mass is 32.1. The van der Waals surface area contributed by atoms with Crippen LogP contribution in [0.15, 0.2) is 48.5 Å². The van der Waals surface area contributed by atoms with Crippen molar-refractivity contribution in [1.82, 2.24) is 5.32 Å². The summed E-state index contributed by atoms with van der Waals surface area (Å²) in [4.78, 5) is 2.32. The summed E-state index contributed by atoms with van der Waals surface area (Å²) in [7, 11) is 0. The lowest BCUT2D eigenvalue weighted by Crippen LogP contribution is -2.36. The molecule has 2 N–H and O–H groups in total. The molecular formula is C19H22FN3OS. The van der Waals surface area contributed by atoms with Crippen LogP contribution >= 0.6 is 12.2 Å². The summed E-state index contributed by atoms with van der Waals surface area (Å²) < 4.78 is 18.6. The number of hydrogen-bond acceptors (Lipinski definition) is 3. The molecule has 0 radical (unpaired) electrons. The second-order valence-electron chi connectivity index (χ2n) is 6.02. The van der Waals surface area contributed by atoms with Gasteiger partial charge < -0.3 is 20.3 Å². The summed E-state index contributed by atoms with van der Waals surface area (Å²) in [5.41, 5.74) is 2.98. The molecule has 25 heavy (non-hydrogen) atoms. The third-order valence-electron chi connectivity index (χ3n) is 4.20. The zero-order valence-electron chi connectivity index (χ0n) is 14.2. The molecule has 0 spiro atoms. The molecule has 1 aliphatic rings. The molecule has 1 saturated heterocycles. The number of nitrogens with zero attached hydrogens (tertiary/aromatic N) is 1. The molecule has 1 unspecified atom stereocenters. The fraction of sp³-hybridized carbons (Fsp3) is 0.316. The SMILES string of the molecule is CC(NC(=S)Nc1cccc(F)c1)c1ccc(N2CCOCC2)cc1. The molecule has 2 aromatic carbocycles. The van der Waals surface area contributed by atoms with Gasteiger partial charge in [0.15, 0.2) is 5.11 Å². The van der Waals surface area contributed by atoms with E-state index in [0.717, 1.165) is 31.9 Å². The fourth-order valence-corrected chi connectivity index (χ4v) is 3.10. The maximum Gasteiger partial charge on any atom is 0.171 e. The maximum atomic E-state index is 13.2. The Kier molecular flexibility index (Phi) is 5.83. The summed E-state index contributed by atoms with van der Waals surface area (Å²) in [5.74, 6) is -0.292. The van der Waals surface area contributed by atoms with Gasteiger partial charge in [-0.15, -0.1) is 0 Å². The van der Waals surface area contributed by atoms with Gasteiger partial charge in [-0.2, -0.15) is 0 Å². The monoisotopic (exact) mass is 359 g/mol. The third-order valence-corrected chi connectivity index (χ3v) is 4.42. The van der Waals surface area contributed by atoms with Crippen molar-refractivity contribution in [3.8, 4) is 0 Å². The van der Waals surface area contributed by atoms with Gasteiger partial charge in [0.05, 0.1) is 19.3 Å². The van der Waals surface area contributed by atoms with Crippen LogP contribution in [0.5, 0.6) is 0 Å². The van der Waals surface area contributed by atoms with E-state index < -0.39 is 0 Å². The van der Waals surface area contributed by atoms with Crippen LogP contribution in [-0.2, 0) is 4.74 Å². The van der Waals surface area contributed by atoms with E-state index in [-0.39, 0.29) is 11.9 Å². The number of benzene rings is 2. The van der Waals surface area contributed by atoms with Gasteiger partial charge in [0.2, 0.25) is 0 Å². The number of rotatable bonds is 4. The average molecular weight is 359 g/mol. The topological polar surface area (TPSA) is 36.5 Å². The molecule has 3 rings (SSSR count). The van der Waals surface area contributed by atoms with Crippen molar-refractivity contribution in [2.24, 2.45) is 0 Å². The molecule has 1 heterocycles. The highest BCUT2D eigenvalue weighted by Crippen LogP contribution is 2.20. The van der Waals surface area contributed by atoms with Gasteiger partial charge in [-0.25, -0.2) is 4.39 Å². The van der Waals surface area contributed by atoms with E-state index in [0.29, 0.717) is 10.8 Å². The molecule has 4 nitrogen and oxygen atoms in total. The molecule has 132 valence electrons. The van der Waals surface area contributed by atoms with Crippen molar-refractivity contribution < 1.29 is 9.13 Å². The van der Waals surface area contributed by atoms with Crippen molar-refractivity contribution in [3.63, 3.8) is 0 Å². The Labute approximate surface area is 153 Å². The van der Waals surface area contributed by atoms with Gasteiger partial charge in [0.25, 0.3) is 0 Å². The second-order valence-corrected chi connectivity index (χ2v) is 6.43. The first-order chi connectivity index (χ1) is 12.1. The molecule has 0 amide bonds. The van der Waals surface area contributed by atoms with Crippen molar-refractivity contribution >= 4 is 28.7 Å². The minimum atomic E-state index is -0.292. The maximum absolute atomic E-state index is 13.2. The number of hydrogen-bond donors (Lipinski definition) is 2. The highest BCUT2D eigenvalue weighted by molar-refractivity contribution is 7.80. The molecule has 6 heteroatoms. The van der Waals surface area contributed by atoms with Crippen LogP contribution in [0.2, 0.25) is 0 Å². The van der Waals surface area contributed by atoms with Crippen molar-refractivity contribution in [2.45, 2.75) is 13.0 Å². The van der Waals surface area contributed by atoms with E-state index in [9.17, 15) is 4.39 Å². The number of ether oxygens (including phenoxy) is 1. The van der Waals surface area contributed by atoms with Gasteiger partial charge in [-0.1, -0.05) is 18.2 Å². The Balaban J connectivity index is 1.57. The normalized spacial score (nSPS) is 15.5. The lowest BCUT2D eigenvalue weighted by atomic mass is 10.1. The van der Waals surface area contributed by atoms with Gasteiger partial charge in [0.1, 0.15) is 5.82 Å².